The second-order valence-corrected chi connectivity index (χ2v) is 15.3. The predicted octanol–water partition coefficient (Wildman–Crippen LogP) is 3.45. The molecule has 4 amide bonds. The molecule has 3 atom stereocenters. The number of hydrogen-bond donors (Lipinski definition) is 5. The summed E-state index contributed by atoms with van der Waals surface area (Å²) in [5.41, 5.74) is 3.36. The van der Waals surface area contributed by atoms with Crippen LogP contribution in [0.2, 0.25) is 0 Å². The van der Waals surface area contributed by atoms with Gasteiger partial charge in [0.05, 0.1) is 34.5 Å². The Labute approximate surface area is 347 Å². The first-order valence-corrected chi connectivity index (χ1v) is 20.3. The monoisotopic (exact) mass is 832 g/mol. The van der Waals surface area contributed by atoms with E-state index in [0.717, 1.165) is 49.6 Å². The van der Waals surface area contributed by atoms with Crippen molar-refractivity contribution in [2.75, 3.05) is 24.2 Å². The summed E-state index contributed by atoms with van der Waals surface area (Å²) in [7, 11) is 3.39. The van der Waals surface area contributed by atoms with Crippen molar-refractivity contribution in [3.63, 3.8) is 0 Å². The zero-order valence-electron chi connectivity index (χ0n) is 33.6. The largest absolute Gasteiger partial charge is 0.385 e. The molecule has 5 aromatic heterocycles. The number of nitrogens with zero attached hydrogens (tertiary/aromatic N) is 7. The molecule has 61 heavy (non-hydrogen) atoms. The van der Waals surface area contributed by atoms with E-state index in [9.17, 15) is 33.2 Å². The van der Waals surface area contributed by atoms with Crippen LogP contribution in [0.25, 0.3) is 22.5 Å². The van der Waals surface area contributed by atoms with Crippen LogP contribution in [0.3, 0.4) is 0 Å². The number of alkyl halides is 1. The van der Waals surface area contributed by atoms with Crippen molar-refractivity contribution in [3.8, 4) is 5.82 Å². The van der Waals surface area contributed by atoms with Gasteiger partial charge in [0, 0.05) is 51.9 Å². The molecule has 316 valence electrons. The van der Waals surface area contributed by atoms with E-state index in [0.29, 0.717) is 34.8 Å². The highest BCUT2D eigenvalue weighted by molar-refractivity contribution is 6.00. The van der Waals surface area contributed by atoms with Crippen LogP contribution in [0, 0.1) is 0 Å². The van der Waals surface area contributed by atoms with Crippen molar-refractivity contribution < 1.29 is 23.6 Å². The first kappa shape index (κ1) is 40.6. The number of carbonyl (C=O) groups excluding carboxylic acids is 4. The number of amides is 4. The van der Waals surface area contributed by atoms with E-state index in [4.69, 9.17) is 0 Å². The standard InChI is InChI=1S/C42H45FN12O6/c1-44-29-21-33(51-55-32(23-47-37(29)55)40(59)49-28-20-26(28)43)48-27-12-9-19-53(41(27)60)34-16-14-25(22-46-34)38(57)45-18-7-5-3-4-6-10-24-11-8-13-30-36(24)52(2)42(61)54(30)31-15-17-35(56)50-39(31)58/h8-9,11-14,16,19,21-23,26,28,31,44H,3-7,10,15,17-18,20H2,1-2H3,(H,45,57)(H,48,51)(H,49,59)(H,50,56,58)/t26-,28+,31?/m0/s1. The minimum Gasteiger partial charge on any atom is -0.385 e. The van der Waals surface area contributed by atoms with Crippen LogP contribution in [0.1, 0.15) is 83.8 Å². The Balaban J connectivity index is 0.816. The van der Waals surface area contributed by atoms with Gasteiger partial charge in [0.15, 0.2) is 17.2 Å². The lowest BCUT2D eigenvalue weighted by atomic mass is 10.0. The number of para-hydroxylation sites is 1. The summed E-state index contributed by atoms with van der Waals surface area (Å²) in [5.74, 6) is -1.02. The predicted molar refractivity (Wildman–Crippen MR) is 224 cm³/mol. The van der Waals surface area contributed by atoms with Crippen molar-refractivity contribution in [2.24, 2.45) is 7.05 Å². The maximum atomic E-state index is 13.6. The number of hydrogen-bond acceptors (Lipinski definition) is 11. The molecule has 2 aliphatic rings. The van der Waals surface area contributed by atoms with Crippen LogP contribution in [-0.4, -0.2) is 82.7 Å². The van der Waals surface area contributed by atoms with E-state index < -0.39 is 35.6 Å². The van der Waals surface area contributed by atoms with Crippen LogP contribution in [0.15, 0.2) is 76.7 Å². The summed E-state index contributed by atoms with van der Waals surface area (Å²) < 4.78 is 19.2. The highest BCUT2D eigenvalue weighted by Crippen LogP contribution is 2.28. The van der Waals surface area contributed by atoms with Gasteiger partial charge in [-0.25, -0.2) is 23.7 Å². The number of nitrogens with one attached hydrogen (secondary N) is 5. The van der Waals surface area contributed by atoms with E-state index in [-0.39, 0.29) is 54.0 Å². The lowest BCUT2D eigenvalue weighted by Gasteiger charge is -2.21. The zero-order chi connectivity index (χ0) is 42.8. The summed E-state index contributed by atoms with van der Waals surface area (Å²) in [6, 6.07) is 12.6. The van der Waals surface area contributed by atoms with Gasteiger partial charge in [-0.2, -0.15) is 0 Å². The van der Waals surface area contributed by atoms with E-state index in [1.54, 1.807) is 55.2 Å². The van der Waals surface area contributed by atoms with E-state index in [2.05, 4.69) is 41.7 Å². The lowest BCUT2D eigenvalue weighted by molar-refractivity contribution is -0.135. The first-order valence-electron chi connectivity index (χ1n) is 20.3. The lowest BCUT2D eigenvalue weighted by Crippen LogP contribution is -2.44. The molecule has 1 saturated carbocycles. The Bertz CT molecular complexity index is 2790. The second kappa shape index (κ2) is 17.2. The molecule has 6 heterocycles. The Morgan fingerprint density at radius 1 is 0.934 bits per heavy atom. The SMILES string of the molecule is CNc1cc(Nc2cccn(-c3ccc(C(=O)NCCCCCCCc4cccc5c4n(C)c(=O)n5C4CCC(=O)NC4=O)cn3)c2=O)nn2c(C(=O)N[C@@H]3C[C@@H]3F)cnc12. The van der Waals surface area contributed by atoms with Crippen LogP contribution in [0.4, 0.5) is 21.6 Å². The maximum absolute atomic E-state index is 13.6. The number of piperidine rings is 1. The number of imidazole rings is 2. The highest BCUT2D eigenvalue weighted by atomic mass is 19.1. The van der Waals surface area contributed by atoms with E-state index >= 15 is 0 Å². The summed E-state index contributed by atoms with van der Waals surface area (Å²) in [6.45, 7) is 0.488. The van der Waals surface area contributed by atoms with Crippen LogP contribution in [-0.2, 0) is 23.1 Å². The van der Waals surface area contributed by atoms with Crippen LogP contribution in [0.5, 0.6) is 0 Å². The Kier molecular flexibility index (Phi) is 11.4. The number of unbranched alkanes of at least 4 members (excludes halogenated alkanes) is 4. The molecule has 1 aliphatic heterocycles. The Morgan fingerprint density at radius 3 is 2.49 bits per heavy atom. The fraction of sp³-hybridized carbons (Fsp3) is 0.357. The number of aromatic nitrogens is 7. The molecule has 0 radical (unpaired) electrons. The normalized spacial score (nSPS) is 17.3. The average Bonchev–Trinajstić information content (AvgIpc) is 3.66. The number of fused-ring (bicyclic) bond motifs is 2. The second-order valence-electron chi connectivity index (χ2n) is 15.3. The minimum atomic E-state index is -1.07. The van der Waals surface area contributed by atoms with Crippen molar-refractivity contribution >= 4 is 57.5 Å². The highest BCUT2D eigenvalue weighted by Gasteiger charge is 2.39. The molecule has 8 rings (SSSR count). The van der Waals surface area contributed by atoms with Gasteiger partial charge in [0.2, 0.25) is 11.8 Å². The van der Waals surface area contributed by atoms with Crippen LogP contribution < -0.4 is 37.8 Å². The first-order chi connectivity index (χ1) is 29.5. The van der Waals surface area contributed by atoms with Crippen LogP contribution >= 0.6 is 0 Å². The molecule has 0 spiro atoms. The molecule has 2 fully saturated rings. The van der Waals surface area contributed by atoms with Gasteiger partial charge in [0.25, 0.3) is 17.4 Å². The Morgan fingerprint density at radius 2 is 1.74 bits per heavy atom. The number of pyridine rings is 2. The smallest absolute Gasteiger partial charge is 0.329 e. The van der Waals surface area contributed by atoms with Crippen molar-refractivity contribution in [1.29, 1.82) is 0 Å². The van der Waals surface area contributed by atoms with E-state index in [1.165, 1.54) is 26.0 Å². The van der Waals surface area contributed by atoms with Gasteiger partial charge >= 0.3 is 5.69 Å². The number of halogens is 1. The fourth-order valence-corrected chi connectivity index (χ4v) is 7.72. The molecule has 0 bridgehead atoms. The Hall–Kier alpha value is -7.18. The molecule has 1 unspecified atom stereocenters. The molecule has 19 heteroatoms. The molecule has 5 N–H and O–H groups in total. The van der Waals surface area contributed by atoms with Crippen molar-refractivity contribution in [2.45, 2.75) is 76.0 Å². The number of benzene rings is 1. The summed E-state index contributed by atoms with van der Waals surface area (Å²) >= 11 is 0. The molecular formula is C42H45FN12O6. The molecule has 6 aromatic rings. The van der Waals surface area contributed by atoms with Gasteiger partial charge < -0.3 is 21.3 Å². The third-order valence-electron chi connectivity index (χ3n) is 11.1. The number of carbonyl (C=O) groups is 4. The van der Waals surface area contributed by atoms with E-state index in [1.807, 2.05) is 18.2 Å². The molecular weight excluding hydrogens is 788 g/mol. The maximum Gasteiger partial charge on any atom is 0.329 e. The fourth-order valence-electron chi connectivity index (χ4n) is 7.72. The van der Waals surface area contributed by atoms with Gasteiger partial charge in [0.1, 0.15) is 23.7 Å². The molecule has 1 aliphatic carbocycles. The quantitative estimate of drug-likeness (QED) is 0.0703. The van der Waals surface area contributed by atoms with Crippen molar-refractivity contribution in [3.05, 3.63) is 105 Å². The summed E-state index contributed by atoms with van der Waals surface area (Å²) in [5, 5.41) is 18.4. The number of rotatable bonds is 16. The number of imide groups is 1. The molecule has 1 saturated heterocycles. The van der Waals surface area contributed by atoms with Gasteiger partial charge in [-0.3, -0.25) is 43.0 Å². The third kappa shape index (κ3) is 8.35. The topological polar surface area (TPSA) is 220 Å². The molecule has 1 aromatic carbocycles. The molecule has 18 nitrogen and oxygen atoms in total. The number of aryl methyl sites for hydroxylation is 2. The third-order valence-corrected chi connectivity index (χ3v) is 11.1. The van der Waals surface area contributed by atoms with Gasteiger partial charge in [-0.1, -0.05) is 31.4 Å². The van der Waals surface area contributed by atoms with Gasteiger partial charge in [-0.05, 0) is 61.6 Å². The zero-order valence-corrected chi connectivity index (χ0v) is 33.6. The van der Waals surface area contributed by atoms with Gasteiger partial charge in [-0.15, -0.1) is 5.10 Å². The average molecular weight is 833 g/mol. The summed E-state index contributed by atoms with van der Waals surface area (Å²) in [6.07, 6.45) is 9.32. The summed E-state index contributed by atoms with van der Waals surface area (Å²) in [4.78, 5) is 85.4. The number of anilines is 3. The minimum absolute atomic E-state index is 0.115. The van der Waals surface area contributed by atoms with Crippen molar-refractivity contribution in [1.82, 2.24) is 49.2 Å².